The van der Waals surface area contributed by atoms with Crippen molar-refractivity contribution >= 4 is 24.8 Å². The highest BCUT2D eigenvalue weighted by atomic mass is 35.5. The minimum atomic E-state index is -4.74. The van der Waals surface area contributed by atoms with E-state index < -0.39 is 6.36 Å². The van der Waals surface area contributed by atoms with Gasteiger partial charge >= 0.3 is 6.36 Å². The zero-order valence-electron chi connectivity index (χ0n) is 21.3. The number of nitrogens with zero attached hydrogens (tertiary/aromatic N) is 1. The number of piperazine rings is 1. The lowest BCUT2D eigenvalue weighted by atomic mass is 9.96. The molecular weight excluding hydrogens is 564 g/mol. The number of alkyl halides is 3. The zero-order chi connectivity index (χ0) is 26.4. The van der Waals surface area contributed by atoms with Crippen LogP contribution in [-0.4, -0.2) is 37.4 Å². The van der Waals surface area contributed by atoms with Gasteiger partial charge < -0.3 is 19.5 Å². The second-order valence-electron chi connectivity index (χ2n) is 8.84. The Bertz CT molecular complexity index is 1320. The van der Waals surface area contributed by atoms with Crippen LogP contribution in [0, 0.1) is 0 Å². The van der Waals surface area contributed by atoms with Crippen LogP contribution in [0.4, 0.5) is 13.2 Å². The Balaban J connectivity index is 0.00000220. The first-order valence-corrected chi connectivity index (χ1v) is 12.3. The van der Waals surface area contributed by atoms with Crippen LogP contribution in [0.5, 0.6) is 28.7 Å². The van der Waals surface area contributed by atoms with Gasteiger partial charge in [0.1, 0.15) is 17.2 Å². The number of hydrogen-bond donors (Lipinski definition) is 1. The maximum Gasteiger partial charge on any atom is 0.573 e. The minimum absolute atomic E-state index is 0. The van der Waals surface area contributed by atoms with Gasteiger partial charge in [-0.2, -0.15) is 0 Å². The fourth-order valence-electron chi connectivity index (χ4n) is 4.50. The topological polar surface area (TPSA) is 43.0 Å². The average molecular weight is 593 g/mol. The monoisotopic (exact) mass is 592 g/mol. The third-order valence-electron chi connectivity index (χ3n) is 6.17. The zero-order valence-corrected chi connectivity index (χ0v) is 23.0. The third kappa shape index (κ3) is 8.29. The molecule has 1 N–H and O–H groups in total. The lowest BCUT2D eigenvalue weighted by Crippen LogP contribution is -2.45. The number of hydrogen-bond acceptors (Lipinski definition) is 5. The van der Waals surface area contributed by atoms with Gasteiger partial charge in [0.2, 0.25) is 0 Å². The van der Waals surface area contributed by atoms with E-state index in [-0.39, 0.29) is 36.6 Å². The van der Waals surface area contributed by atoms with Crippen LogP contribution in [0.1, 0.15) is 17.2 Å². The standard InChI is InChI=1S/C30H27F3N2O3.2ClH/c31-30(32,33)38-26-14-11-22(12-15-26)29(35-19-17-34-18-20-35)23-13-16-27(36-24-7-3-1-4-8-24)28(21-23)37-25-9-5-2-6-10-25;;/h1-16,21,29,34H,17-20H2;2*1H/t29-;;/m1../s1. The molecule has 1 aliphatic heterocycles. The first-order chi connectivity index (χ1) is 18.4. The van der Waals surface area contributed by atoms with E-state index in [4.69, 9.17) is 9.47 Å². The molecular formula is C30H29Cl2F3N2O3. The van der Waals surface area contributed by atoms with Crippen LogP contribution in [0.15, 0.2) is 103 Å². The molecule has 5 rings (SSSR count). The fourth-order valence-corrected chi connectivity index (χ4v) is 4.50. The number of para-hydroxylation sites is 2. The van der Waals surface area contributed by atoms with Crippen molar-refractivity contribution in [2.75, 3.05) is 26.2 Å². The fraction of sp³-hybridized carbons (Fsp3) is 0.200. The number of nitrogens with one attached hydrogen (secondary N) is 1. The molecule has 0 aromatic heterocycles. The van der Waals surface area contributed by atoms with Gasteiger partial charge in [-0.05, 0) is 59.7 Å². The normalized spacial score (nSPS) is 14.3. The molecule has 1 atom stereocenters. The molecule has 0 aliphatic carbocycles. The first kappa shape index (κ1) is 31.1. The first-order valence-electron chi connectivity index (χ1n) is 12.3. The Morgan fingerprint density at radius 2 is 1.15 bits per heavy atom. The summed E-state index contributed by atoms with van der Waals surface area (Å²) in [5.41, 5.74) is 1.78. The quantitative estimate of drug-likeness (QED) is 0.224. The molecule has 0 saturated carbocycles. The summed E-state index contributed by atoms with van der Waals surface area (Å²) in [6.07, 6.45) is -4.74. The van der Waals surface area contributed by atoms with Gasteiger partial charge in [-0.1, -0.05) is 54.6 Å². The van der Waals surface area contributed by atoms with Crippen molar-refractivity contribution in [2.24, 2.45) is 0 Å². The second kappa shape index (κ2) is 14.3. The van der Waals surface area contributed by atoms with E-state index in [0.717, 1.165) is 37.3 Å². The number of rotatable bonds is 8. The van der Waals surface area contributed by atoms with Crippen molar-refractivity contribution < 1.29 is 27.4 Å². The molecule has 0 unspecified atom stereocenters. The minimum Gasteiger partial charge on any atom is -0.453 e. The highest BCUT2D eigenvalue weighted by Gasteiger charge is 2.31. The molecule has 1 fully saturated rings. The van der Waals surface area contributed by atoms with E-state index in [1.54, 1.807) is 12.1 Å². The Labute approximate surface area is 243 Å². The maximum absolute atomic E-state index is 12.7. The van der Waals surface area contributed by atoms with Crippen LogP contribution in [0.25, 0.3) is 0 Å². The predicted octanol–water partition coefficient (Wildman–Crippen LogP) is 8.01. The predicted molar refractivity (Wildman–Crippen MR) is 153 cm³/mol. The van der Waals surface area contributed by atoms with Crippen LogP contribution in [0.3, 0.4) is 0 Å². The van der Waals surface area contributed by atoms with Crippen LogP contribution < -0.4 is 19.5 Å². The number of halogens is 5. The van der Waals surface area contributed by atoms with E-state index in [0.29, 0.717) is 23.0 Å². The summed E-state index contributed by atoms with van der Waals surface area (Å²) in [7, 11) is 0. The molecule has 5 nitrogen and oxygen atoms in total. The van der Waals surface area contributed by atoms with Gasteiger partial charge in [0, 0.05) is 26.2 Å². The van der Waals surface area contributed by atoms with Gasteiger partial charge in [-0.15, -0.1) is 38.0 Å². The Hall–Kier alpha value is -3.43. The Kier molecular flexibility index (Phi) is 11.1. The molecule has 1 saturated heterocycles. The third-order valence-corrected chi connectivity index (χ3v) is 6.17. The van der Waals surface area contributed by atoms with E-state index >= 15 is 0 Å². The highest BCUT2D eigenvalue weighted by molar-refractivity contribution is 5.85. The largest absolute Gasteiger partial charge is 0.573 e. The van der Waals surface area contributed by atoms with Crippen molar-refractivity contribution in [2.45, 2.75) is 12.4 Å². The molecule has 1 aliphatic rings. The number of ether oxygens (including phenoxy) is 3. The van der Waals surface area contributed by atoms with Gasteiger partial charge in [0.15, 0.2) is 11.5 Å². The Morgan fingerprint density at radius 3 is 1.70 bits per heavy atom. The average Bonchev–Trinajstić information content (AvgIpc) is 2.92. The summed E-state index contributed by atoms with van der Waals surface area (Å²) in [6.45, 7) is 3.19. The smallest absolute Gasteiger partial charge is 0.453 e. The van der Waals surface area contributed by atoms with Crippen LogP contribution >= 0.6 is 24.8 Å². The molecule has 212 valence electrons. The molecule has 1 heterocycles. The maximum atomic E-state index is 12.7. The van der Waals surface area contributed by atoms with Crippen molar-refractivity contribution in [1.29, 1.82) is 0 Å². The van der Waals surface area contributed by atoms with Gasteiger partial charge in [0.05, 0.1) is 6.04 Å². The van der Waals surface area contributed by atoms with Gasteiger partial charge in [0.25, 0.3) is 0 Å². The van der Waals surface area contributed by atoms with E-state index in [2.05, 4.69) is 15.0 Å². The van der Waals surface area contributed by atoms with Crippen LogP contribution in [-0.2, 0) is 0 Å². The van der Waals surface area contributed by atoms with Gasteiger partial charge in [-0.25, -0.2) is 0 Å². The summed E-state index contributed by atoms with van der Waals surface area (Å²) in [5, 5.41) is 3.36. The van der Waals surface area contributed by atoms with E-state index in [1.807, 2.05) is 78.9 Å². The summed E-state index contributed by atoms with van der Waals surface area (Å²) >= 11 is 0. The summed E-state index contributed by atoms with van der Waals surface area (Å²) in [6, 6.07) is 30.5. The SMILES string of the molecule is Cl.Cl.FC(F)(F)Oc1ccc([C@H](c2ccc(Oc3ccccc3)c(Oc3ccccc3)c2)N2CCNCC2)cc1. The van der Waals surface area contributed by atoms with Gasteiger partial charge in [-0.3, -0.25) is 4.90 Å². The lowest BCUT2D eigenvalue weighted by molar-refractivity contribution is -0.274. The molecule has 4 aromatic carbocycles. The Morgan fingerprint density at radius 1 is 0.625 bits per heavy atom. The van der Waals surface area contributed by atoms with Crippen molar-refractivity contribution in [3.05, 3.63) is 114 Å². The highest BCUT2D eigenvalue weighted by Crippen LogP contribution is 2.40. The van der Waals surface area contributed by atoms with E-state index in [9.17, 15) is 13.2 Å². The summed E-state index contributed by atoms with van der Waals surface area (Å²) in [4.78, 5) is 2.30. The molecule has 4 aromatic rings. The molecule has 0 amide bonds. The molecule has 0 spiro atoms. The summed E-state index contributed by atoms with van der Waals surface area (Å²) < 4.78 is 54.6. The van der Waals surface area contributed by atoms with Crippen LogP contribution in [0.2, 0.25) is 0 Å². The molecule has 0 bridgehead atoms. The lowest BCUT2D eigenvalue weighted by Gasteiger charge is -2.36. The number of benzene rings is 4. The molecule has 40 heavy (non-hydrogen) atoms. The van der Waals surface area contributed by atoms with Crippen molar-refractivity contribution in [1.82, 2.24) is 10.2 Å². The molecule has 0 radical (unpaired) electrons. The summed E-state index contributed by atoms with van der Waals surface area (Å²) in [5.74, 6) is 2.18. The second-order valence-corrected chi connectivity index (χ2v) is 8.84. The van der Waals surface area contributed by atoms with Crippen molar-refractivity contribution in [3.63, 3.8) is 0 Å². The molecule has 10 heteroatoms. The van der Waals surface area contributed by atoms with E-state index in [1.165, 1.54) is 12.1 Å². The van der Waals surface area contributed by atoms with Crippen molar-refractivity contribution in [3.8, 4) is 28.7 Å².